The molecule has 0 saturated carbocycles. The highest BCUT2D eigenvalue weighted by Gasteiger charge is 2.31. The highest BCUT2D eigenvalue weighted by atomic mass is 32.2. The second kappa shape index (κ2) is 10.0. The zero-order chi connectivity index (χ0) is 25.0. The number of rotatable bonds is 7. The van der Waals surface area contributed by atoms with E-state index in [4.69, 9.17) is 11.1 Å². The first kappa shape index (κ1) is 24.9. The normalized spacial score (nSPS) is 16.4. The SMILES string of the molecule is CN(C)C(=NS(C)(=O)=O)c1ccc(N2CC(CNC(=O)c3cccc(C(=N)N)c3)CC2=O)cc1. The number of hydrogen-bond donors (Lipinski definition) is 3. The lowest BCUT2D eigenvalue weighted by Gasteiger charge is -2.19. The topological polar surface area (TPSA) is 149 Å². The number of carbonyl (C=O) groups excluding carboxylic acids is 2. The van der Waals surface area contributed by atoms with Crippen molar-refractivity contribution in [3.63, 3.8) is 0 Å². The number of nitrogens with one attached hydrogen (secondary N) is 2. The van der Waals surface area contributed by atoms with Gasteiger partial charge in [0.15, 0.2) is 0 Å². The van der Waals surface area contributed by atoms with Gasteiger partial charge in [0.25, 0.3) is 15.9 Å². The van der Waals surface area contributed by atoms with Crippen LogP contribution in [0.1, 0.15) is 27.9 Å². The number of sulfonamides is 1. The lowest BCUT2D eigenvalue weighted by Crippen LogP contribution is -2.31. The zero-order valence-electron chi connectivity index (χ0n) is 19.3. The Bertz CT molecular complexity index is 1240. The molecule has 0 aromatic heterocycles. The molecule has 1 saturated heterocycles. The number of nitrogens with zero attached hydrogens (tertiary/aromatic N) is 3. The molecule has 1 aliphatic rings. The maximum atomic E-state index is 12.6. The molecule has 0 bridgehead atoms. The van der Waals surface area contributed by atoms with E-state index in [0.717, 1.165) is 6.26 Å². The van der Waals surface area contributed by atoms with Crippen LogP contribution in [0.15, 0.2) is 52.9 Å². The first-order valence-corrected chi connectivity index (χ1v) is 12.4. The largest absolute Gasteiger partial charge is 0.384 e. The van der Waals surface area contributed by atoms with Gasteiger partial charge in [-0.1, -0.05) is 12.1 Å². The number of amides is 2. The Labute approximate surface area is 199 Å². The first-order valence-electron chi connectivity index (χ1n) is 10.6. The molecule has 2 aromatic carbocycles. The molecule has 1 fully saturated rings. The summed E-state index contributed by atoms with van der Waals surface area (Å²) in [5.74, 6) is -0.214. The predicted molar refractivity (Wildman–Crippen MR) is 132 cm³/mol. The van der Waals surface area contributed by atoms with Crippen LogP contribution in [0.5, 0.6) is 0 Å². The molecule has 0 radical (unpaired) electrons. The lowest BCUT2D eigenvalue weighted by atomic mass is 10.1. The van der Waals surface area contributed by atoms with Crippen LogP contribution in [0.4, 0.5) is 5.69 Å². The van der Waals surface area contributed by atoms with Crippen LogP contribution in [-0.4, -0.2) is 70.2 Å². The summed E-state index contributed by atoms with van der Waals surface area (Å²) in [6.45, 7) is 0.777. The lowest BCUT2D eigenvalue weighted by molar-refractivity contribution is -0.117. The first-order chi connectivity index (χ1) is 15.9. The molecule has 1 aliphatic heterocycles. The van der Waals surface area contributed by atoms with Crippen molar-refractivity contribution in [3.8, 4) is 0 Å². The Morgan fingerprint density at radius 3 is 2.41 bits per heavy atom. The van der Waals surface area contributed by atoms with Crippen molar-refractivity contribution in [2.24, 2.45) is 16.0 Å². The molecular formula is C23H28N6O4S. The van der Waals surface area contributed by atoms with Crippen molar-refractivity contribution < 1.29 is 18.0 Å². The number of carbonyl (C=O) groups is 2. The van der Waals surface area contributed by atoms with Gasteiger partial charge < -0.3 is 20.9 Å². The molecule has 34 heavy (non-hydrogen) atoms. The molecule has 2 amide bonds. The van der Waals surface area contributed by atoms with Crippen LogP contribution in [0.25, 0.3) is 0 Å². The van der Waals surface area contributed by atoms with Crippen molar-refractivity contribution in [2.75, 3.05) is 38.3 Å². The van der Waals surface area contributed by atoms with Crippen molar-refractivity contribution in [1.82, 2.24) is 10.2 Å². The van der Waals surface area contributed by atoms with Crippen LogP contribution in [0, 0.1) is 11.3 Å². The third-order valence-corrected chi connectivity index (χ3v) is 5.81. The number of anilines is 1. The summed E-state index contributed by atoms with van der Waals surface area (Å²) >= 11 is 0. The van der Waals surface area contributed by atoms with E-state index in [1.54, 1.807) is 72.4 Å². The second-order valence-corrected chi connectivity index (χ2v) is 10.0. The minimum atomic E-state index is -3.57. The fourth-order valence-corrected chi connectivity index (χ4v) is 4.26. The maximum Gasteiger partial charge on any atom is 0.252 e. The molecule has 2 aromatic rings. The van der Waals surface area contributed by atoms with E-state index in [9.17, 15) is 18.0 Å². The van der Waals surface area contributed by atoms with E-state index in [1.165, 1.54) is 0 Å². The Morgan fingerprint density at radius 2 is 1.82 bits per heavy atom. The van der Waals surface area contributed by atoms with Crippen LogP contribution < -0.4 is 16.0 Å². The van der Waals surface area contributed by atoms with E-state index in [0.29, 0.717) is 47.7 Å². The molecule has 1 heterocycles. The predicted octanol–water partition coefficient (Wildman–Crippen LogP) is 1.02. The van der Waals surface area contributed by atoms with E-state index in [2.05, 4.69) is 9.71 Å². The molecule has 0 spiro atoms. The molecule has 3 rings (SSSR count). The summed E-state index contributed by atoms with van der Waals surface area (Å²) in [4.78, 5) is 28.3. The Balaban J connectivity index is 1.65. The summed E-state index contributed by atoms with van der Waals surface area (Å²) in [5.41, 5.74) is 7.65. The van der Waals surface area contributed by atoms with Crippen molar-refractivity contribution in [3.05, 3.63) is 65.2 Å². The summed E-state index contributed by atoms with van der Waals surface area (Å²) in [6.07, 6.45) is 1.33. The molecule has 1 atom stereocenters. The minimum Gasteiger partial charge on any atom is -0.384 e. The maximum absolute atomic E-state index is 12.6. The molecule has 0 aliphatic carbocycles. The summed E-state index contributed by atoms with van der Waals surface area (Å²) in [7, 11) is -0.157. The minimum absolute atomic E-state index is 0.0526. The third kappa shape index (κ3) is 6.19. The van der Waals surface area contributed by atoms with Crippen LogP contribution in [-0.2, 0) is 14.8 Å². The van der Waals surface area contributed by atoms with E-state index >= 15 is 0 Å². The highest BCUT2D eigenvalue weighted by molar-refractivity contribution is 7.89. The quantitative estimate of drug-likeness (QED) is 0.395. The molecule has 11 heteroatoms. The van der Waals surface area contributed by atoms with E-state index in [-0.39, 0.29) is 23.6 Å². The van der Waals surface area contributed by atoms with Crippen molar-refractivity contribution in [2.45, 2.75) is 6.42 Å². The zero-order valence-corrected chi connectivity index (χ0v) is 20.1. The smallest absolute Gasteiger partial charge is 0.252 e. The van der Waals surface area contributed by atoms with Gasteiger partial charge >= 0.3 is 0 Å². The molecule has 4 N–H and O–H groups in total. The third-order valence-electron chi connectivity index (χ3n) is 5.31. The number of hydrogen-bond acceptors (Lipinski definition) is 5. The van der Waals surface area contributed by atoms with E-state index < -0.39 is 10.0 Å². The number of amidine groups is 2. The number of benzene rings is 2. The van der Waals surface area contributed by atoms with Crippen LogP contribution >= 0.6 is 0 Å². The molecule has 10 nitrogen and oxygen atoms in total. The van der Waals surface area contributed by atoms with Gasteiger partial charge in [-0.2, -0.15) is 0 Å². The average Bonchev–Trinajstić information content (AvgIpc) is 3.15. The van der Waals surface area contributed by atoms with Crippen LogP contribution in [0.3, 0.4) is 0 Å². The van der Waals surface area contributed by atoms with Gasteiger partial charge in [0, 0.05) is 61.9 Å². The van der Waals surface area contributed by atoms with Gasteiger partial charge in [-0.3, -0.25) is 15.0 Å². The summed E-state index contributed by atoms with van der Waals surface area (Å²) < 4.78 is 27.0. The van der Waals surface area contributed by atoms with Gasteiger partial charge in [0.2, 0.25) is 5.91 Å². The number of nitrogen functional groups attached to an aromatic ring is 1. The van der Waals surface area contributed by atoms with Crippen molar-refractivity contribution in [1.29, 1.82) is 5.41 Å². The van der Waals surface area contributed by atoms with Crippen LogP contribution in [0.2, 0.25) is 0 Å². The Morgan fingerprint density at radius 1 is 1.18 bits per heavy atom. The monoisotopic (exact) mass is 484 g/mol. The summed E-state index contributed by atoms with van der Waals surface area (Å²) in [5, 5.41) is 10.4. The average molecular weight is 485 g/mol. The molecular weight excluding hydrogens is 456 g/mol. The molecule has 1 unspecified atom stereocenters. The fourth-order valence-electron chi connectivity index (χ4n) is 3.67. The van der Waals surface area contributed by atoms with Gasteiger partial charge in [-0.25, -0.2) is 8.42 Å². The molecule has 180 valence electrons. The van der Waals surface area contributed by atoms with E-state index in [1.807, 2.05) is 0 Å². The fraction of sp³-hybridized carbons (Fsp3) is 0.304. The summed E-state index contributed by atoms with van der Waals surface area (Å²) in [6, 6.07) is 13.5. The van der Waals surface area contributed by atoms with Gasteiger partial charge in [-0.15, -0.1) is 4.40 Å². The Hall–Kier alpha value is -3.73. The Kier molecular flexibility index (Phi) is 7.35. The van der Waals surface area contributed by atoms with Gasteiger partial charge in [0.1, 0.15) is 11.7 Å². The van der Waals surface area contributed by atoms with Gasteiger partial charge in [0.05, 0.1) is 6.26 Å². The van der Waals surface area contributed by atoms with Gasteiger partial charge in [-0.05, 0) is 36.4 Å². The standard InChI is InChI=1S/C23H28N6O4S/c1-28(2)22(27-34(3,32)33)16-7-9-19(10-8-16)29-14-15(11-20(29)30)13-26-23(31)18-6-4-5-17(12-18)21(24)25/h4-10,12,15H,11,13-14H2,1-3H3,(H3,24,25)(H,26,31). The van der Waals surface area contributed by atoms with Crippen molar-refractivity contribution >= 4 is 39.2 Å². The highest BCUT2D eigenvalue weighted by Crippen LogP contribution is 2.25. The number of nitrogens with two attached hydrogens (primary N) is 1. The second-order valence-electron chi connectivity index (χ2n) is 8.37.